The van der Waals surface area contributed by atoms with Crippen molar-refractivity contribution in [2.24, 2.45) is 5.92 Å². The molecule has 0 bridgehead atoms. The summed E-state index contributed by atoms with van der Waals surface area (Å²) in [5.41, 5.74) is 0.458. The molecule has 1 aromatic rings. The largest absolute Gasteiger partial charge is 0.294 e. The molecule has 3 rings (SSSR count). The third kappa shape index (κ3) is 2.01. The van der Waals surface area contributed by atoms with Crippen molar-refractivity contribution >= 4 is 45.5 Å². The lowest BCUT2D eigenvalue weighted by molar-refractivity contribution is 0.0967. The molecule has 0 saturated heterocycles. The molecule has 1 saturated carbocycles. The van der Waals surface area contributed by atoms with Gasteiger partial charge in [0, 0.05) is 17.3 Å². The van der Waals surface area contributed by atoms with Crippen LogP contribution in [0.15, 0.2) is 6.20 Å². The highest BCUT2D eigenvalue weighted by molar-refractivity contribution is 9.09. The molecular weight excluding hydrogens is 321 g/mol. The molecule has 2 aliphatic rings. The van der Waals surface area contributed by atoms with Crippen molar-refractivity contribution in [3.8, 4) is 0 Å². The third-order valence-corrected chi connectivity index (χ3v) is 4.42. The summed E-state index contributed by atoms with van der Waals surface area (Å²) in [7, 11) is 0. The highest BCUT2D eigenvalue weighted by Crippen LogP contribution is 2.33. The maximum Gasteiger partial charge on any atom is 0.169 e. The molecule has 0 amide bonds. The first-order valence-electron chi connectivity index (χ1n) is 5.78. The van der Waals surface area contributed by atoms with Crippen LogP contribution in [0.25, 0.3) is 12.2 Å². The lowest BCUT2D eigenvalue weighted by atomic mass is 10.0. The molecule has 0 aliphatic heterocycles. The number of hydrogen-bond donors (Lipinski definition) is 0. The monoisotopic (exact) mass is 329 g/mol. The van der Waals surface area contributed by atoms with Crippen LogP contribution in [-0.2, 0) is 0 Å². The zero-order chi connectivity index (χ0) is 12.9. The van der Waals surface area contributed by atoms with Crippen LogP contribution < -0.4 is 10.6 Å². The van der Waals surface area contributed by atoms with Gasteiger partial charge in [-0.2, -0.15) is 0 Å². The average molecular weight is 331 g/mol. The van der Waals surface area contributed by atoms with Crippen molar-refractivity contribution in [1.29, 1.82) is 0 Å². The molecule has 0 spiro atoms. The maximum absolute atomic E-state index is 13.5. The van der Waals surface area contributed by atoms with E-state index in [0.717, 1.165) is 12.8 Å². The van der Waals surface area contributed by atoms with Gasteiger partial charge in [-0.1, -0.05) is 33.6 Å². The summed E-state index contributed by atoms with van der Waals surface area (Å²) in [6.45, 7) is 0. The Morgan fingerprint density at radius 3 is 2.83 bits per heavy atom. The van der Waals surface area contributed by atoms with E-state index in [1.54, 1.807) is 6.08 Å². The Bertz CT molecular complexity index is 641. The molecule has 94 valence electrons. The molecule has 2 aliphatic carbocycles. The fourth-order valence-electron chi connectivity index (χ4n) is 2.04. The second kappa shape index (κ2) is 4.42. The summed E-state index contributed by atoms with van der Waals surface area (Å²) in [6.07, 6.45) is 5.30. The Labute approximate surface area is 117 Å². The Hall–Kier alpha value is -0.740. The van der Waals surface area contributed by atoms with Crippen LogP contribution in [0.5, 0.6) is 0 Å². The number of alkyl halides is 2. The van der Waals surface area contributed by atoms with Crippen molar-refractivity contribution in [2.45, 2.75) is 23.8 Å². The van der Waals surface area contributed by atoms with Crippen LogP contribution in [0.4, 0.5) is 4.39 Å². The van der Waals surface area contributed by atoms with Crippen LogP contribution in [-0.4, -0.2) is 21.8 Å². The van der Waals surface area contributed by atoms with E-state index in [1.165, 1.54) is 12.3 Å². The molecule has 5 heteroatoms. The summed E-state index contributed by atoms with van der Waals surface area (Å²) < 4.78 is 13.5. The summed E-state index contributed by atoms with van der Waals surface area (Å²) in [5, 5.41) is 1.55. The first-order chi connectivity index (χ1) is 8.58. The van der Waals surface area contributed by atoms with E-state index in [0.29, 0.717) is 21.2 Å². The molecule has 2 unspecified atom stereocenters. The van der Waals surface area contributed by atoms with Gasteiger partial charge < -0.3 is 0 Å². The summed E-state index contributed by atoms with van der Waals surface area (Å²) in [5.74, 6) is 0.154. The second-order valence-corrected chi connectivity index (χ2v) is 6.08. The SMILES string of the molecule is O=C(c1cnc2c(c1Cl)=CC(Br)C(F)C=2)C1CC1. The Balaban J connectivity index is 2.17. The van der Waals surface area contributed by atoms with E-state index >= 15 is 0 Å². The molecular formula is C13H10BrClFNO. The van der Waals surface area contributed by atoms with Gasteiger partial charge in [0.05, 0.1) is 20.8 Å². The maximum atomic E-state index is 13.5. The standard InChI is InChI=1S/C13H10BrClFNO/c14-9-3-7-11(4-10(9)16)17-5-8(12(7)15)13(18)6-1-2-6/h3-6,9-10H,1-2H2. The number of halogens is 3. The number of aromatic nitrogens is 1. The van der Waals surface area contributed by atoms with Crippen LogP contribution in [0.1, 0.15) is 23.2 Å². The molecule has 1 heterocycles. The van der Waals surface area contributed by atoms with E-state index in [4.69, 9.17) is 11.6 Å². The van der Waals surface area contributed by atoms with Gasteiger partial charge in [-0.05, 0) is 18.9 Å². The van der Waals surface area contributed by atoms with E-state index in [1.807, 2.05) is 0 Å². The summed E-state index contributed by atoms with van der Waals surface area (Å²) in [6, 6.07) is 0. The van der Waals surface area contributed by atoms with Gasteiger partial charge in [0.1, 0.15) is 6.17 Å². The molecule has 2 atom stereocenters. The Morgan fingerprint density at radius 1 is 1.44 bits per heavy atom. The van der Waals surface area contributed by atoms with Crippen molar-refractivity contribution < 1.29 is 9.18 Å². The zero-order valence-electron chi connectivity index (χ0n) is 9.37. The van der Waals surface area contributed by atoms with Gasteiger partial charge in [0.15, 0.2) is 5.78 Å². The minimum atomic E-state index is -1.12. The van der Waals surface area contributed by atoms with Gasteiger partial charge >= 0.3 is 0 Å². The summed E-state index contributed by atoms with van der Waals surface area (Å²) >= 11 is 9.48. The quantitative estimate of drug-likeness (QED) is 0.613. The van der Waals surface area contributed by atoms with E-state index < -0.39 is 11.0 Å². The van der Waals surface area contributed by atoms with Crippen molar-refractivity contribution in [1.82, 2.24) is 4.98 Å². The number of hydrogen-bond acceptors (Lipinski definition) is 2. The van der Waals surface area contributed by atoms with E-state index in [2.05, 4.69) is 20.9 Å². The zero-order valence-corrected chi connectivity index (χ0v) is 11.7. The number of rotatable bonds is 2. The van der Waals surface area contributed by atoms with Gasteiger partial charge in [-0.3, -0.25) is 9.78 Å². The van der Waals surface area contributed by atoms with Crippen LogP contribution in [0.3, 0.4) is 0 Å². The number of ketones is 1. The number of nitrogens with zero attached hydrogens (tertiary/aromatic N) is 1. The van der Waals surface area contributed by atoms with Gasteiger partial charge in [0.25, 0.3) is 0 Å². The molecule has 1 fully saturated rings. The fourth-order valence-corrected chi connectivity index (χ4v) is 2.76. The topological polar surface area (TPSA) is 30.0 Å². The first kappa shape index (κ1) is 12.3. The number of carbonyl (C=O) groups is 1. The predicted octanol–water partition coefficient (Wildman–Crippen LogP) is 2.00. The smallest absolute Gasteiger partial charge is 0.169 e. The molecule has 1 aromatic heterocycles. The van der Waals surface area contributed by atoms with Crippen LogP contribution >= 0.6 is 27.5 Å². The minimum Gasteiger partial charge on any atom is -0.294 e. The predicted molar refractivity (Wildman–Crippen MR) is 72.1 cm³/mol. The Kier molecular flexibility index (Phi) is 3.02. The van der Waals surface area contributed by atoms with Gasteiger partial charge in [0.2, 0.25) is 0 Å². The normalized spacial score (nSPS) is 25.9. The molecule has 18 heavy (non-hydrogen) atoms. The van der Waals surface area contributed by atoms with Gasteiger partial charge in [-0.25, -0.2) is 4.39 Å². The molecule has 0 radical (unpaired) electrons. The number of fused-ring (bicyclic) bond motifs is 1. The van der Waals surface area contributed by atoms with E-state index in [-0.39, 0.29) is 11.7 Å². The fraction of sp³-hybridized carbons (Fsp3) is 0.385. The number of pyridine rings is 1. The van der Waals surface area contributed by atoms with Gasteiger partial charge in [-0.15, -0.1) is 0 Å². The van der Waals surface area contributed by atoms with Crippen LogP contribution in [0.2, 0.25) is 5.02 Å². The van der Waals surface area contributed by atoms with Crippen molar-refractivity contribution in [2.75, 3.05) is 0 Å². The van der Waals surface area contributed by atoms with E-state index in [9.17, 15) is 9.18 Å². The Morgan fingerprint density at radius 2 is 2.17 bits per heavy atom. The molecule has 2 nitrogen and oxygen atoms in total. The third-order valence-electron chi connectivity index (χ3n) is 3.24. The highest BCUT2D eigenvalue weighted by atomic mass is 79.9. The first-order valence-corrected chi connectivity index (χ1v) is 7.08. The molecule has 0 N–H and O–H groups in total. The van der Waals surface area contributed by atoms with Crippen LogP contribution in [0, 0.1) is 5.92 Å². The second-order valence-electron chi connectivity index (χ2n) is 4.65. The summed E-state index contributed by atoms with van der Waals surface area (Å²) in [4.78, 5) is 15.7. The molecule has 0 aromatic carbocycles. The lowest BCUT2D eigenvalue weighted by Gasteiger charge is -2.13. The highest BCUT2D eigenvalue weighted by Gasteiger charge is 2.32. The average Bonchev–Trinajstić information content (AvgIpc) is 3.16. The number of carbonyl (C=O) groups excluding carboxylic acids is 1. The van der Waals surface area contributed by atoms with Crippen molar-refractivity contribution in [3.05, 3.63) is 27.4 Å². The van der Waals surface area contributed by atoms with Crippen molar-refractivity contribution in [3.63, 3.8) is 0 Å². The number of Topliss-reactive ketones (excluding diaryl/α,β-unsaturated/α-hetero) is 1. The lowest BCUT2D eigenvalue weighted by Crippen LogP contribution is -2.38. The minimum absolute atomic E-state index is 0.0530.